The molecule has 4 aliphatic rings. The molecule has 0 saturated heterocycles. The summed E-state index contributed by atoms with van der Waals surface area (Å²) in [4.78, 5) is 17.9. The molecule has 34 heavy (non-hydrogen) atoms. The van der Waals surface area contributed by atoms with Crippen LogP contribution in [0.15, 0.2) is 30.3 Å². The Kier molecular flexibility index (Phi) is 7.10. The summed E-state index contributed by atoms with van der Waals surface area (Å²) in [6.45, 7) is 8.34. The fourth-order valence-corrected chi connectivity index (χ4v) is 7.49. The lowest BCUT2D eigenvalue weighted by Gasteiger charge is -2.56. The maximum atomic E-state index is 13.1. The Morgan fingerprint density at radius 1 is 1.09 bits per heavy atom. The van der Waals surface area contributed by atoms with Crippen molar-refractivity contribution in [3.8, 4) is 0 Å². The highest BCUT2D eigenvalue weighted by atomic mass is 16.1. The van der Waals surface area contributed by atoms with Crippen molar-refractivity contribution in [3.05, 3.63) is 36.9 Å². The smallest absolute Gasteiger partial charge is 0.224 e. The van der Waals surface area contributed by atoms with Crippen molar-refractivity contribution in [2.45, 2.75) is 71.6 Å². The fourth-order valence-electron chi connectivity index (χ4n) is 7.49. The average molecular weight is 462 g/mol. The predicted molar refractivity (Wildman–Crippen MR) is 140 cm³/mol. The number of nitrogens with one attached hydrogen (secondary N) is 3. The summed E-state index contributed by atoms with van der Waals surface area (Å²) in [5.41, 5.74) is 2.06. The number of hydrogen-bond acceptors (Lipinski definition) is 4. The van der Waals surface area contributed by atoms with Crippen molar-refractivity contribution in [1.29, 1.82) is 0 Å². The van der Waals surface area contributed by atoms with Gasteiger partial charge in [-0.15, -0.1) is 0 Å². The molecular weight excluding hydrogens is 420 g/mol. The third kappa shape index (κ3) is 5.40. The lowest BCUT2D eigenvalue weighted by Crippen LogP contribution is -2.47. The second-order valence-corrected chi connectivity index (χ2v) is 11.5. The van der Waals surface area contributed by atoms with Crippen molar-refractivity contribution < 1.29 is 4.79 Å². The maximum absolute atomic E-state index is 13.1. The van der Waals surface area contributed by atoms with E-state index in [0.717, 1.165) is 53.3 Å². The minimum atomic E-state index is 0.177. The zero-order valence-corrected chi connectivity index (χ0v) is 20.9. The molecule has 5 nitrogen and oxygen atoms in total. The van der Waals surface area contributed by atoms with Gasteiger partial charge < -0.3 is 16.0 Å². The van der Waals surface area contributed by atoms with Crippen LogP contribution in [0.4, 0.5) is 11.5 Å². The Bertz CT molecular complexity index is 968. The summed E-state index contributed by atoms with van der Waals surface area (Å²) >= 11 is 0. The van der Waals surface area contributed by atoms with Gasteiger partial charge in [0, 0.05) is 31.4 Å². The van der Waals surface area contributed by atoms with Crippen LogP contribution >= 0.6 is 0 Å². The van der Waals surface area contributed by atoms with Crippen LogP contribution in [0.2, 0.25) is 0 Å². The lowest BCUT2D eigenvalue weighted by molar-refractivity contribution is -0.124. The Hall–Kier alpha value is -2.14. The molecule has 4 saturated carbocycles. The fraction of sp³-hybridized carbons (Fsp3) is 0.621. The first-order valence-electron chi connectivity index (χ1n) is 13.5. The highest BCUT2D eigenvalue weighted by Gasteiger charge is 2.51. The Balaban J connectivity index is 1.16. The summed E-state index contributed by atoms with van der Waals surface area (Å²) in [5.74, 6) is 4.27. The summed E-state index contributed by atoms with van der Waals surface area (Å²) in [5, 5.41) is 11.1. The lowest BCUT2D eigenvalue weighted by atomic mass is 9.49. The highest BCUT2D eigenvalue weighted by Crippen LogP contribution is 2.61. The van der Waals surface area contributed by atoms with Crippen LogP contribution in [-0.2, 0) is 4.79 Å². The molecule has 1 heterocycles. The summed E-state index contributed by atoms with van der Waals surface area (Å²) < 4.78 is 0. The molecule has 3 N–H and O–H groups in total. The molecule has 1 atom stereocenters. The number of amides is 1. The number of hydrogen-bond donors (Lipinski definition) is 3. The maximum Gasteiger partial charge on any atom is 0.224 e. The van der Waals surface area contributed by atoms with E-state index in [1.165, 1.54) is 51.4 Å². The first kappa shape index (κ1) is 23.6. The van der Waals surface area contributed by atoms with Gasteiger partial charge in [-0.25, -0.2) is 4.98 Å². The van der Waals surface area contributed by atoms with Gasteiger partial charge in [0.2, 0.25) is 5.91 Å². The first-order chi connectivity index (χ1) is 16.5. The largest absolute Gasteiger partial charge is 0.369 e. The van der Waals surface area contributed by atoms with E-state index in [-0.39, 0.29) is 11.3 Å². The molecule has 4 bridgehead atoms. The van der Waals surface area contributed by atoms with Gasteiger partial charge in [-0.2, -0.15) is 0 Å². The molecule has 6 rings (SSSR count). The molecule has 183 valence electrons. The van der Waals surface area contributed by atoms with Crippen LogP contribution in [0.25, 0.3) is 10.9 Å². The van der Waals surface area contributed by atoms with E-state index < -0.39 is 0 Å². The number of benzene rings is 1. The van der Waals surface area contributed by atoms with E-state index in [4.69, 9.17) is 4.98 Å². The van der Waals surface area contributed by atoms with E-state index in [1.54, 1.807) is 0 Å². The molecule has 0 spiro atoms. The zero-order valence-electron chi connectivity index (χ0n) is 20.9. The van der Waals surface area contributed by atoms with Gasteiger partial charge in [0.15, 0.2) is 0 Å². The topological polar surface area (TPSA) is 66.0 Å². The monoisotopic (exact) mass is 461 g/mol. The number of carbonyl (C=O) groups is 1. The minimum Gasteiger partial charge on any atom is -0.369 e. The van der Waals surface area contributed by atoms with Crippen LogP contribution < -0.4 is 16.0 Å². The van der Waals surface area contributed by atoms with E-state index in [2.05, 4.69) is 42.4 Å². The van der Waals surface area contributed by atoms with Gasteiger partial charge in [0.1, 0.15) is 5.82 Å². The molecule has 4 aliphatic carbocycles. The van der Waals surface area contributed by atoms with Gasteiger partial charge in [0.25, 0.3) is 0 Å². The van der Waals surface area contributed by atoms with E-state index >= 15 is 0 Å². The van der Waals surface area contributed by atoms with Crippen molar-refractivity contribution in [2.75, 3.05) is 23.7 Å². The van der Waals surface area contributed by atoms with Gasteiger partial charge in [-0.3, -0.25) is 4.79 Å². The molecule has 1 amide bonds. The number of anilines is 2. The summed E-state index contributed by atoms with van der Waals surface area (Å²) in [6.07, 6.45) is 11.2. The van der Waals surface area contributed by atoms with E-state index in [9.17, 15) is 4.79 Å². The Labute approximate surface area is 204 Å². The van der Waals surface area contributed by atoms with Gasteiger partial charge >= 0.3 is 0 Å². The molecule has 1 unspecified atom stereocenters. The molecule has 1 aromatic heterocycles. The van der Waals surface area contributed by atoms with Crippen LogP contribution in [0.5, 0.6) is 0 Å². The predicted octanol–water partition coefficient (Wildman–Crippen LogP) is 6.38. The van der Waals surface area contributed by atoms with Gasteiger partial charge in [0.05, 0.1) is 11.2 Å². The zero-order chi connectivity index (χ0) is 23.5. The summed E-state index contributed by atoms with van der Waals surface area (Å²) in [6, 6.07) is 10.1. The van der Waals surface area contributed by atoms with Crippen molar-refractivity contribution >= 4 is 28.3 Å². The molecule has 4 fully saturated rings. The number of aromatic nitrogens is 1. The van der Waals surface area contributed by atoms with Gasteiger partial charge in [-0.05, 0) is 98.3 Å². The molecule has 2 aromatic rings. The van der Waals surface area contributed by atoms with E-state index in [1.807, 2.05) is 24.3 Å². The van der Waals surface area contributed by atoms with Crippen molar-refractivity contribution in [1.82, 2.24) is 10.3 Å². The van der Waals surface area contributed by atoms with Crippen LogP contribution in [0.1, 0.15) is 71.6 Å². The standard InChI is InChI=1S/C29H41N4O/c1-3-5-20(2)19-30-10-11-31-27-9-8-24-25(32-27)6-4-7-26(24)33-28(34)18-29-15-21-12-22(16-29)14-23(13-21)17-29/h4,6-9,19-23,30H,3,5,10-18H2,1-2H3,(H,31,32)(H,33,34). The number of rotatable bonds is 11. The normalized spacial score (nSPS) is 28.2. The van der Waals surface area contributed by atoms with Crippen LogP contribution in [-0.4, -0.2) is 24.0 Å². The molecule has 1 radical (unpaired) electrons. The SMILES string of the molecule is CCCC(C)[CH]NCCNc1ccc2c(NC(=O)CC34CC5CC(CC(C5)C3)C4)cccc2n1. The number of fused-ring (bicyclic) bond motifs is 1. The molecule has 1 aromatic carbocycles. The number of pyridine rings is 1. The van der Waals surface area contributed by atoms with Gasteiger partial charge in [-0.1, -0.05) is 26.3 Å². The first-order valence-corrected chi connectivity index (χ1v) is 13.5. The Morgan fingerprint density at radius 3 is 2.53 bits per heavy atom. The molecular formula is C29H41N4O. The van der Waals surface area contributed by atoms with E-state index in [0.29, 0.717) is 12.3 Å². The van der Waals surface area contributed by atoms with Crippen LogP contribution in [0, 0.1) is 35.6 Å². The van der Waals surface area contributed by atoms with Crippen molar-refractivity contribution in [2.24, 2.45) is 29.1 Å². The Morgan fingerprint density at radius 2 is 1.82 bits per heavy atom. The molecule has 0 aliphatic heterocycles. The second kappa shape index (κ2) is 10.2. The quantitative estimate of drug-likeness (QED) is 0.340. The summed E-state index contributed by atoms with van der Waals surface area (Å²) in [7, 11) is 0. The van der Waals surface area contributed by atoms with Crippen molar-refractivity contribution in [3.63, 3.8) is 0 Å². The number of nitrogens with zero attached hydrogens (tertiary/aromatic N) is 1. The van der Waals surface area contributed by atoms with Crippen LogP contribution in [0.3, 0.4) is 0 Å². The molecule has 5 heteroatoms. The second-order valence-electron chi connectivity index (χ2n) is 11.5. The third-order valence-electron chi connectivity index (χ3n) is 8.43. The number of carbonyl (C=O) groups excluding carboxylic acids is 1. The average Bonchev–Trinajstić information content (AvgIpc) is 2.78. The third-order valence-corrected chi connectivity index (χ3v) is 8.43. The highest BCUT2D eigenvalue weighted by molar-refractivity contribution is 6.01. The minimum absolute atomic E-state index is 0.177.